The molecule has 0 fully saturated rings. The number of carbonyl (C=O) groups is 3. The fraction of sp³-hybridized carbons (Fsp3) is 0.891. The molecule has 0 aliphatic rings. The van der Waals surface area contributed by atoms with Crippen molar-refractivity contribution in [3.63, 3.8) is 0 Å². The van der Waals surface area contributed by atoms with Crippen LogP contribution in [-0.4, -0.2) is 37.2 Å². The summed E-state index contributed by atoms with van der Waals surface area (Å²) in [5.41, 5.74) is 0. The average molecular weight is 986 g/mol. The molecule has 0 aliphatic heterocycles. The summed E-state index contributed by atoms with van der Waals surface area (Å²) in [4.78, 5) is 38.1. The van der Waals surface area contributed by atoms with Crippen LogP contribution in [0.4, 0.5) is 0 Å². The Balaban J connectivity index is 4.16. The highest BCUT2D eigenvalue weighted by atomic mass is 16.6. The monoisotopic (exact) mass is 985 g/mol. The second-order valence-electron chi connectivity index (χ2n) is 21.3. The molecule has 0 radical (unpaired) electrons. The molecule has 412 valence electrons. The third kappa shape index (κ3) is 56.8. The Morgan fingerprint density at radius 1 is 0.271 bits per heavy atom. The first-order chi connectivity index (χ1) is 34.5. The van der Waals surface area contributed by atoms with Gasteiger partial charge in [-0.2, -0.15) is 0 Å². The predicted molar refractivity (Wildman–Crippen MR) is 303 cm³/mol. The molecule has 0 saturated carbocycles. The minimum Gasteiger partial charge on any atom is -0.462 e. The summed E-state index contributed by atoms with van der Waals surface area (Å²) in [6.07, 6.45) is 70.6. The zero-order valence-corrected chi connectivity index (χ0v) is 47.3. The summed E-state index contributed by atoms with van der Waals surface area (Å²) < 4.78 is 16.9. The Hall–Kier alpha value is -2.11. The van der Waals surface area contributed by atoms with Gasteiger partial charge in [-0.15, -0.1) is 0 Å². The molecule has 0 saturated heterocycles. The van der Waals surface area contributed by atoms with Crippen LogP contribution in [0.3, 0.4) is 0 Å². The van der Waals surface area contributed by atoms with E-state index in [1.165, 1.54) is 238 Å². The first-order valence-corrected chi connectivity index (χ1v) is 31.3. The van der Waals surface area contributed by atoms with Crippen LogP contribution in [0.5, 0.6) is 0 Å². The van der Waals surface area contributed by atoms with Crippen LogP contribution in [-0.2, 0) is 28.6 Å². The van der Waals surface area contributed by atoms with Gasteiger partial charge < -0.3 is 14.2 Å². The second kappa shape index (κ2) is 59.5. The van der Waals surface area contributed by atoms with E-state index < -0.39 is 6.10 Å². The second-order valence-corrected chi connectivity index (χ2v) is 21.3. The molecule has 6 nitrogen and oxygen atoms in total. The summed E-state index contributed by atoms with van der Waals surface area (Å²) in [6.45, 7) is 6.64. The third-order valence-electron chi connectivity index (χ3n) is 14.2. The molecule has 1 unspecified atom stereocenters. The normalized spacial score (nSPS) is 12.1. The predicted octanol–water partition coefficient (Wildman–Crippen LogP) is 21.1. The van der Waals surface area contributed by atoms with Gasteiger partial charge in [0.25, 0.3) is 0 Å². The van der Waals surface area contributed by atoms with E-state index in [0.717, 1.165) is 70.6 Å². The fourth-order valence-corrected chi connectivity index (χ4v) is 9.42. The Labute approximate surface area is 436 Å². The first-order valence-electron chi connectivity index (χ1n) is 31.3. The average Bonchev–Trinajstić information content (AvgIpc) is 3.36. The van der Waals surface area contributed by atoms with Gasteiger partial charge in [-0.3, -0.25) is 14.4 Å². The Kier molecular flexibility index (Phi) is 57.7. The Morgan fingerprint density at radius 2 is 0.486 bits per heavy atom. The summed E-state index contributed by atoms with van der Waals surface area (Å²) in [5.74, 6) is -0.871. The Morgan fingerprint density at radius 3 is 0.757 bits per heavy atom. The molecule has 0 aromatic carbocycles. The van der Waals surface area contributed by atoms with Gasteiger partial charge in [0.1, 0.15) is 13.2 Å². The number of allylic oxidation sites excluding steroid dienone is 4. The number of esters is 3. The highest BCUT2D eigenvalue weighted by Crippen LogP contribution is 2.18. The maximum Gasteiger partial charge on any atom is 0.306 e. The lowest BCUT2D eigenvalue weighted by Crippen LogP contribution is -2.30. The largest absolute Gasteiger partial charge is 0.462 e. The van der Waals surface area contributed by atoms with Gasteiger partial charge in [0.05, 0.1) is 0 Å². The molecule has 0 aromatic rings. The topological polar surface area (TPSA) is 78.9 Å². The quantitative estimate of drug-likeness (QED) is 0.0261. The van der Waals surface area contributed by atoms with Crippen molar-refractivity contribution in [2.24, 2.45) is 0 Å². The fourth-order valence-electron chi connectivity index (χ4n) is 9.42. The smallest absolute Gasteiger partial charge is 0.306 e. The standard InChI is InChI=1S/C64H120O6/c1-4-7-10-13-16-19-22-24-26-27-28-29-30-31-32-33-34-35-36-38-39-42-45-48-51-54-57-63(66)69-60-61(59-68-62(65)56-53-50-47-44-41-21-18-15-12-9-6-3)70-64(67)58-55-52-49-46-43-40-37-25-23-20-17-14-11-8-5-2/h15,18,25,37,61H,4-14,16-17,19-24,26-36,38-60H2,1-3H3/b18-15-,37-25-. The number of carbonyl (C=O) groups excluding carboxylic acids is 3. The number of hydrogen-bond acceptors (Lipinski definition) is 6. The van der Waals surface area contributed by atoms with E-state index in [1.807, 2.05) is 0 Å². The van der Waals surface area contributed by atoms with Crippen LogP contribution in [0.1, 0.15) is 348 Å². The van der Waals surface area contributed by atoms with Crippen molar-refractivity contribution in [3.05, 3.63) is 24.3 Å². The van der Waals surface area contributed by atoms with Crippen molar-refractivity contribution in [2.45, 2.75) is 354 Å². The number of hydrogen-bond donors (Lipinski definition) is 0. The van der Waals surface area contributed by atoms with Crippen molar-refractivity contribution in [3.8, 4) is 0 Å². The molecule has 0 aromatic heterocycles. The molecule has 0 rings (SSSR count). The molecule has 6 heteroatoms. The van der Waals surface area contributed by atoms with Crippen LogP contribution in [0, 0.1) is 0 Å². The molecule has 0 aliphatic carbocycles. The molecule has 0 spiro atoms. The van der Waals surface area contributed by atoms with E-state index in [2.05, 4.69) is 45.1 Å². The zero-order chi connectivity index (χ0) is 50.7. The van der Waals surface area contributed by atoms with Gasteiger partial charge in [0.15, 0.2) is 6.10 Å². The molecule has 0 amide bonds. The van der Waals surface area contributed by atoms with Crippen LogP contribution in [0.2, 0.25) is 0 Å². The molecule has 0 heterocycles. The SMILES string of the molecule is CCCC/C=C\CCCCCCCC(=O)OCC(COC(=O)CCCCCCCCCCCCCCCCCCCCCCCCCCCC)OC(=O)CCCCCCC/C=C\CCCCCCCC. The first kappa shape index (κ1) is 67.9. The molecule has 70 heavy (non-hydrogen) atoms. The lowest BCUT2D eigenvalue weighted by atomic mass is 10.0. The third-order valence-corrected chi connectivity index (χ3v) is 14.2. The van der Waals surface area contributed by atoms with Crippen LogP contribution >= 0.6 is 0 Å². The van der Waals surface area contributed by atoms with Crippen LogP contribution in [0.15, 0.2) is 24.3 Å². The van der Waals surface area contributed by atoms with Crippen molar-refractivity contribution in [1.29, 1.82) is 0 Å². The number of ether oxygens (including phenoxy) is 3. The van der Waals surface area contributed by atoms with Crippen LogP contribution < -0.4 is 0 Å². The summed E-state index contributed by atoms with van der Waals surface area (Å²) in [6, 6.07) is 0. The van der Waals surface area contributed by atoms with Gasteiger partial charge in [0.2, 0.25) is 0 Å². The van der Waals surface area contributed by atoms with E-state index >= 15 is 0 Å². The maximum atomic E-state index is 12.8. The minimum absolute atomic E-state index is 0.0728. The van der Waals surface area contributed by atoms with Crippen LogP contribution in [0.25, 0.3) is 0 Å². The molecule has 0 N–H and O–H groups in total. The molecular weight excluding hydrogens is 865 g/mol. The van der Waals surface area contributed by atoms with E-state index in [9.17, 15) is 14.4 Å². The number of rotatable bonds is 58. The van der Waals surface area contributed by atoms with E-state index in [-0.39, 0.29) is 31.1 Å². The van der Waals surface area contributed by atoms with Crippen molar-refractivity contribution in [2.75, 3.05) is 13.2 Å². The summed E-state index contributed by atoms with van der Waals surface area (Å²) >= 11 is 0. The van der Waals surface area contributed by atoms with Gasteiger partial charge in [0, 0.05) is 19.3 Å². The van der Waals surface area contributed by atoms with Crippen molar-refractivity contribution in [1.82, 2.24) is 0 Å². The molecular formula is C64H120O6. The highest BCUT2D eigenvalue weighted by molar-refractivity contribution is 5.71. The van der Waals surface area contributed by atoms with E-state index in [4.69, 9.17) is 14.2 Å². The molecule has 0 bridgehead atoms. The van der Waals surface area contributed by atoms with Gasteiger partial charge in [-0.25, -0.2) is 0 Å². The van der Waals surface area contributed by atoms with Crippen molar-refractivity contribution < 1.29 is 28.6 Å². The van der Waals surface area contributed by atoms with Gasteiger partial charge in [-0.1, -0.05) is 289 Å². The lowest BCUT2D eigenvalue weighted by molar-refractivity contribution is -0.167. The minimum atomic E-state index is -0.775. The Bertz CT molecular complexity index is 1130. The summed E-state index contributed by atoms with van der Waals surface area (Å²) in [7, 11) is 0. The van der Waals surface area contributed by atoms with E-state index in [0.29, 0.717) is 19.3 Å². The van der Waals surface area contributed by atoms with Gasteiger partial charge >= 0.3 is 17.9 Å². The van der Waals surface area contributed by atoms with Gasteiger partial charge in [-0.05, 0) is 64.2 Å². The molecule has 1 atom stereocenters. The zero-order valence-electron chi connectivity index (χ0n) is 47.3. The lowest BCUT2D eigenvalue weighted by Gasteiger charge is -2.18. The maximum absolute atomic E-state index is 12.8. The van der Waals surface area contributed by atoms with Crippen molar-refractivity contribution >= 4 is 17.9 Å². The van der Waals surface area contributed by atoms with E-state index in [1.54, 1.807) is 0 Å². The number of unbranched alkanes of at least 4 members (excludes halogenated alkanes) is 43. The highest BCUT2D eigenvalue weighted by Gasteiger charge is 2.19. The summed E-state index contributed by atoms with van der Waals surface area (Å²) in [5, 5.41) is 0.